The topological polar surface area (TPSA) is 42.7 Å². The zero-order chi connectivity index (χ0) is 11.8. The Morgan fingerprint density at radius 2 is 2.35 bits per heavy atom. The fourth-order valence-corrected chi connectivity index (χ4v) is 2.38. The maximum atomic E-state index is 5.19. The molecule has 0 aromatic carbocycles. The van der Waals surface area contributed by atoms with Gasteiger partial charge in [-0.1, -0.05) is 0 Å². The molecule has 0 spiro atoms. The Morgan fingerprint density at radius 3 is 3.06 bits per heavy atom. The van der Waals surface area contributed by atoms with Gasteiger partial charge in [0.2, 0.25) is 0 Å². The molecule has 0 amide bonds. The Hall–Kier alpha value is -1.62. The molecule has 5 nitrogen and oxygen atoms in total. The maximum absolute atomic E-state index is 5.19. The first-order valence-corrected chi connectivity index (χ1v) is 5.88. The van der Waals surface area contributed by atoms with Crippen LogP contribution in [-0.4, -0.2) is 40.2 Å². The molecule has 2 aromatic heterocycles. The van der Waals surface area contributed by atoms with Crippen LogP contribution in [0.15, 0.2) is 18.3 Å². The third-order valence-electron chi connectivity index (χ3n) is 3.38. The minimum atomic E-state index is 0.362. The molecule has 2 aromatic rings. The summed E-state index contributed by atoms with van der Waals surface area (Å²) in [7, 11) is 3.79. The van der Waals surface area contributed by atoms with Crippen LogP contribution in [0.25, 0.3) is 5.65 Å². The van der Waals surface area contributed by atoms with Gasteiger partial charge in [0.05, 0.1) is 13.2 Å². The van der Waals surface area contributed by atoms with Gasteiger partial charge in [-0.2, -0.15) is 0 Å². The van der Waals surface area contributed by atoms with Crippen molar-refractivity contribution in [2.45, 2.75) is 18.9 Å². The minimum absolute atomic E-state index is 0.362. The third kappa shape index (κ3) is 1.76. The summed E-state index contributed by atoms with van der Waals surface area (Å²) in [5, 5.41) is 4.53. The number of nitrogens with zero attached hydrogens (tertiary/aromatic N) is 4. The molecule has 1 aliphatic heterocycles. The van der Waals surface area contributed by atoms with Crippen molar-refractivity contribution in [2.24, 2.45) is 0 Å². The van der Waals surface area contributed by atoms with E-state index in [9.17, 15) is 0 Å². The van der Waals surface area contributed by atoms with E-state index in [1.54, 1.807) is 7.11 Å². The lowest BCUT2D eigenvalue weighted by atomic mass is 10.2. The summed E-state index contributed by atoms with van der Waals surface area (Å²) in [6, 6.07) is 4.16. The summed E-state index contributed by atoms with van der Waals surface area (Å²) in [4.78, 5) is 6.90. The smallest absolute Gasteiger partial charge is 0.168 e. The van der Waals surface area contributed by atoms with Crippen molar-refractivity contribution in [1.82, 2.24) is 19.5 Å². The van der Waals surface area contributed by atoms with E-state index in [1.165, 1.54) is 6.42 Å². The first-order chi connectivity index (χ1) is 8.28. The average Bonchev–Trinajstić information content (AvgIpc) is 2.93. The largest absolute Gasteiger partial charge is 0.497 e. The Labute approximate surface area is 100 Å². The molecule has 17 heavy (non-hydrogen) atoms. The summed E-state index contributed by atoms with van der Waals surface area (Å²) in [6.07, 6.45) is 4.25. The first-order valence-electron chi connectivity index (χ1n) is 5.88. The number of pyridine rings is 1. The normalized spacial score (nSPS) is 21.2. The first kappa shape index (κ1) is 10.5. The van der Waals surface area contributed by atoms with Crippen molar-refractivity contribution < 1.29 is 4.74 Å². The SMILES string of the molecule is COc1ccn2nc(C3CCCN3C)nc2c1. The number of hydrogen-bond acceptors (Lipinski definition) is 4. The van der Waals surface area contributed by atoms with E-state index in [1.807, 2.05) is 22.8 Å². The summed E-state index contributed by atoms with van der Waals surface area (Å²) in [6.45, 7) is 1.13. The van der Waals surface area contributed by atoms with E-state index in [0.29, 0.717) is 6.04 Å². The van der Waals surface area contributed by atoms with E-state index < -0.39 is 0 Å². The van der Waals surface area contributed by atoms with Gasteiger partial charge in [-0.15, -0.1) is 5.10 Å². The quantitative estimate of drug-likeness (QED) is 0.787. The second kappa shape index (κ2) is 4.00. The summed E-state index contributed by atoms with van der Waals surface area (Å²) < 4.78 is 7.00. The molecule has 0 N–H and O–H groups in total. The van der Waals surface area contributed by atoms with Gasteiger partial charge >= 0.3 is 0 Å². The summed E-state index contributed by atoms with van der Waals surface area (Å²) in [5.74, 6) is 1.73. The molecule has 1 aliphatic rings. The van der Waals surface area contributed by atoms with Crippen molar-refractivity contribution in [3.8, 4) is 5.75 Å². The molecule has 0 aliphatic carbocycles. The molecule has 1 fully saturated rings. The van der Waals surface area contributed by atoms with E-state index >= 15 is 0 Å². The van der Waals surface area contributed by atoms with Crippen molar-refractivity contribution in [3.05, 3.63) is 24.2 Å². The van der Waals surface area contributed by atoms with E-state index in [2.05, 4.69) is 22.0 Å². The zero-order valence-corrected chi connectivity index (χ0v) is 10.1. The van der Waals surface area contributed by atoms with Crippen LogP contribution in [0.5, 0.6) is 5.75 Å². The zero-order valence-electron chi connectivity index (χ0n) is 10.1. The fourth-order valence-electron chi connectivity index (χ4n) is 2.38. The number of methoxy groups -OCH3 is 1. The lowest BCUT2D eigenvalue weighted by molar-refractivity contribution is 0.306. The molecule has 5 heteroatoms. The predicted octanol–water partition coefficient (Wildman–Crippen LogP) is 1.50. The molecule has 1 atom stereocenters. The molecular weight excluding hydrogens is 216 g/mol. The molecule has 0 bridgehead atoms. The number of aromatic nitrogens is 3. The number of fused-ring (bicyclic) bond motifs is 1. The lowest BCUT2D eigenvalue weighted by Crippen LogP contribution is -2.18. The monoisotopic (exact) mass is 232 g/mol. The molecule has 1 saturated heterocycles. The van der Waals surface area contributed by atoms with Crippen LogP contribution in [0.3, 0.4) is 0 Å². The van der Waals surface area contributed by atoms with E-state index in [-0.39, 0.29) is 0 Å². The van der Waals surface area contributed by atoms with Gasteiger partial charge in [0.1, 0.15) is 5.75 Å². The highest BCUT2D eigenvalue weighted by molar-refractivity contribution is 5.43. The van der Waals surface area contributed by atoms with Crippen molar-refractivity contribution in [1.29, 1.82) is 0 Å². The van der Waals surface area contributed by atoms with Crippen LogP contribution in [0.2, 0.25) is 0 Å². The fraction of sp³-hybridized carbons (Fsp3) is 0.500. The highest BCUT2D eigenvalue weighted by Crippen LogP contribution is 2.28. The van der Waals surface area contributed by atoms with Gasteiger partial charge in [0, 0.05) is 12.3 Å². The van der Waals surface area contributed by atoms with E-state index in [4.69, 9.17) is 4.74 Å². The van der Waals surface area contributed by atoms with Crippen LogP contribution in [0.1, 0.15) is 24.7 Å². The number of ether oxygens (including phenoxy) is 1. The van der Waals surface area contributed by atoms with Crippen molar-refractivity contribution in [3.63, 3.8) is 0 Å². The van der Waals surface area contributed by atoms with Gasteiger partial charge in [0.15, 0.2) is 11.5 Å². The second-order valence-electron chi connectivity index (χ2n) is 4.48. The standard InChI is InChI=1S/C12H16N4O/c1-15-6-3-4-10(15)12-13-11-8-9(17-2)5-7-16(11)14-12/h5,7-8,10H,3-4,6H2,1-2H3. The van der Waals surface area contributed by atoms with Crippen LogP contribution in [-0.2, 0) is 0 Å². The van der Waals surface area contributed by atoms with Crippen LogP contribution >= 0.6 is 0 Å². The van der Waals surface area contributed by atoms with Gasteiger partial charge in [-0.05, 0) is 32.5 Å². The predicted molar refractivity (Wildman–Crippen MR) is 64.1 cm³/mol. The van der Waals surface area contributed by atoms with Crippen molar-refractivity contribution in [2.75, 3.05) is 20.7 Å². The minimum Gasteiger partial charge on any atom is -0.497 e. The average molecular weight is 232 g/mol. The van der Waals surface area contributed by atoms with Gasteiger partial charge < -0.3 is 4.74 Å². The number of rotatable bonds is 2. The van der Waals surface area contributed by atoms with E-state index in [0.717, 1.165) is 30.2 Å². The molecule has 0 saturated carbocycles. The Morgan fingerprint density at radius 1 is 1.47 bits per heavy atom. The van der Waals surface area contributed by atoms with Crippen LogP contribution in [0.4, 0.5) is 0 Å². The van der Waals surface area contributed by atoms with Crippen LogP contribution in [0, 0.1) is 0 Å². The third-order valence-corrected chi connectivity index (χ3v) is 3.38. The Bertz CT molecular complexity index is 536. The van der Waals surface area contributed by atoms with Crippen molar-refractivity contribution >= 4 is 5.65 Å². The molecular formula is C12H16N4O. The highest BCUT2D eigenvalue weighted by Gasteiger charge is 2.26. The lowest BCUT2D eigenvalue weighted by Gasteiger charge is -2.15. The van der Waals surface area contributed by atoms with Gasteiger partial charge in [0.25, 0.3) is 0 Å². The Kier molecular flexibility index (Phi) is 2.48. The van der Waals surface area contributed by atoms with Gasteiger partial charge in [-0.3, -0.25) is 4.90 Å². The number of hydrogen-bond donors (Lipinski definition) is 0. The number of likely N-dealkylation sites (tertiary alicyclic amines) is 1. The maximum Gasteiger partial charge on any atom is 0.168 e. The molecule has 3 heterocycles. The molecule has 1 unspecified atom stereocenters. The molecule has 90 valence electrons. The Balaban J connectivity index is 2.01. The summed E-state index contributed by atoms with van der Waals surface area (Å²) >= 11 is 0. The molecule has 0 radical (unpaired) electrons. The molecule has 3 rings (SSSR count). The second-order valence-corrected chi connectivity index (χ2v) is 4.48. The van der Waals surface area contributed by atoms with Gasteiger partial charge in [-0.25, -0.2) is 9.50 Å². The highest BCUT2D eigenvalue weighted by atomic mass is 16.5. The summed E-state index contributed by atoms with van der Waals surface area (Å²) in [5.41, 5.74) is 0.847. The van der Waals surface area contributed by atoms with Crippen LogP contribution < -0.4 is 4.74 Å².